The molecule has 6 heteroatoms. The maximum absolute atomic E-state index is 2.16. The first-order valence-electron chi connectivity index (χ1n) is 2.27. The molecule has 8 N–H and O–H groups in total. The van der Waals surface area contributed by atoms with Crippen LogP contribution in [-0.2, 0) is 0 Å². The fourth-order valence-electron chi connectivity index (χ4n) is 0.464. The monoisotopic (exact) mass is 390 g/mol. The van der Waals surface area contributed by atoms with Gasteiger partial charge in [-0.25, -0.2) is 0 Å². The van der Waals surface area contributed by atoms with E-state index in [2.05, 4.69) is 24.3 Å². The Morgan fingerprint density at radius 2 is 0.917 bits per heavy atom. The zero-order valence-electron chi connectivity index (χ0n) is 6.20. The van der Waals surface area contributed by atoms with E-state index in [4.69, 9.17) is 0 Å². The molecule has 0 saturated carbocycles. The van der Waals surface area contributed by atoms with Crippen molar-refractivity contribution in [3.8, 4) is 0 Å². The molecular formula is C6H12O4Sb2. The average Bonchev–Trinajstić information content (AvgIpc) is 1.77. The summed E-state index contributed by atoms with van der Waals surface area (Å²) in [5, 5.41) is 0. The van der Waals surface area contributed by atoms with Gasteiger partial charge >= 0.3 is 77.3 Å². The molecule has 1 aromatic rings. The van der Waals surface area contributed by atoms with Crippen LogP contribution < -0.4 is 7.02 Å². The fourth-order valence-corrected chi connectivity index (χ4v) is 1.38. The van der Waals surface area contributed by atoms with Gasteiger partial charge in [-0.05, 0) is 0 Å². The van der Waals surface area contributed by atoms with Gasteiger partial charge in [-0.2, -0.15) is 0 Å². The zero-order valence-corrected chi connectivity index (χ0v) is 11.3. The molecule has 0 amide bonds. The molecule has 0 fully saturated rings. The quantitative estimate of drug-likeness (QED) is 0.399. The molecule has 4 nitrogen and oxygen atoms in total. The van der Waals surface area contributed by atoms with Crippen LogP contribution in [0.5, 0.6) is 0 Å². The molecule has 0 unspecified atom stereocenters. The van der Waals surface area contributed by atoms with E-state index in [1.807, 2.05) is 0 Å². The summed E-state index contributed by atoms with van der Waals surface area (Å²) in [5.41, 5.74) is 0. The van der Waals surface area contributed by atoms with Crippen molar-refractivity contribution < 1.29 is 21.9 Å². The first-order valence-corrected chi connectivity index (χ1v) is 4.83. The third kappa shape index (κ3) is 7.35. The van der Waals surface area contributed by atoms with E-state index in [1.54, 1.807) is 46.0 Å². The van der Waals surface area contributed by atoms with Crippen LogP contribution >= 0.6 is 0 Å². The van der Waals surface area contributed by atoms with Crippen molar-refractivity contribution in [1.29, 1.82) is 0 Å². The molecule has 0 aliphatic heterocycles. The van der Waals surface area contributed by atoms with Gasteiger partial charge in [0, 0.05) is 0 Å². The fraction of sp³-hybridized carbons (Fsp3) is 0. The maximum atomic E-state index is 2.16. The zero-order chi connectivity index (χ0) is 5.98. The van der Waals surface area contributed by atoms with Crippen LogP contribution in [0, 0.1) is 0 Å². The van der Waals surface area contributed by atoms with Crippen LogP contribution in [0.3, 0.4) is 0 Å². The van der Waals surface area contributed by atoms with E-state index in [9.17, 15) is 0 Å². The van der Waals surface area contributed by atoms with Gasteiger partial charge in [-0.3, -0.25) is 0 Å². The first-order chi connectivity index (χ1) is 3.80. The van der Waals surface area contributed by atoms with Crippen molar-refractivity contribution in [2.75, 3.05) is 0 Å². The molecular weight excluding hydrogens is 380 g/mol. The minimum atomic E-state index is 0. The molecule has 0 aliphatic carbocycles. The van der Waals surface area contributed by atoms with Crippen molar-refractivity contribution >= 4 is 53.1 Å². The Kier molecular flexibility index (Phi) is 22.4. The predicted molar refractivity (Wildman–Crippen MR) is 51.7 cm³/mol. The van der Waals surface area contributed by atoms with Crippen LogP contribution in [0.2, 0.25) is 0 Å². The Balaban J connectivity index is -0.0000000800. The summed E-state index contributed by atoms with van der Waals surface area (Å²) in [6.45, 7) is 0. The Morgan fingerprint density at radius 1 is 0.667 bits per heavy atom. The van der Waals surface area contributed by atoms with Gasteiger partial charge in [-0.1, -0.05) is 0 Å². The van der Waals surface area contributed by atoms with E-state index in [-0.39, 0.29) is 21.9 Å². The Bertz CT molecular complexity index is 174. The third-order valence-electron chi connectivity index (χ3n) is 0.882. The molecule has 1 aromatic carbocycles. The summed E-state index contributed by atoms with van der Waals surface area (Å²) >= 11 is 3.59. The Hall–Kier alpha value is 0.696. The Labute approximate surface area is 98.6 Å². The van der Waals surface area contributed by atoms with Crippen LogP contribution in [0.4, 0.5) is 0 Å². The molecule has 0 heterocycles. The molecule has 0 aromatic heterocycles. The molecule has 12 heavy (non-hydrogen) atoms. The van der Waals surface area contributed by atoms with Gasteiger partial charge in [0.05, 0.1) is 0 Å². The van der Waals surface area contributed by atoms with Gasteiger partial charge < -0.3 is 21.9 Å². The second-order valence-electron chi connectivity index (χ2n) is 1.49. The third-order valence-corrected chi connectivity index (χ3v) is 4.67. The number of rotatable bonds is 0. The Morgan fingerprint density at radius 3 is 1.08 bits per heavy atom. The van der Waals surface area contributed by atoms with Crippen LogP contribution in [0.25, 0.3) is 0 Å². The summed E-state index contributed by atoms with van der Waals surface area (Å²) < 4.78 is 2.88. The molecule has 1 rings (SSSR count). The van der Waals surface area contributed by atoms with E-state index in [0.717, 1.165) is 0 Å². The predicted octanol–water partition coefficient (Wildman–Crippen LogP) is -4.02. The second kappa shape index (κ2) is 11.7. The number of benzene rings is 1. The van der Waals surface area contributed by atoms with E-state index in [1.165, 1.54) is 7.02 Å². The molecule has 0 atom stereocenters. The minimum absolute atomic E-state index is 0. The molecule has 70 valence electrons. The first kappa shape index (κ1) is 23.0. The molecule has 4 radical (unpaired) electrons. The van der Waals surface area contributed by atoms with Crippen LogP contribution in [0.1, 0.15) is 0 Å². The molecule has 0 bridgehead atoms. The van der Waals surface area contributed by atoms with Gasteiger partial charge in [0.1, 0.15) is 0 Å². The van der Waals surface area contributed by atoms with Gasteiger partial charge in [-0.15, -0.1) is 0 Å². The summed E-state index contributed by atoms with van der Waals surface area (Å²) in [6.07, 6.45) is 0. The van der Waals surface area contributed by atoms with E-state index in [0.29, 0.717) is 0 Å². The number of hydrogen-bond donors (Lipinski definition) is 0. The number of hydrogen-bond acceptors (Lipinski definition) is 0. The van der Waals surface area contributed by atoms with Gasteiger partial charge in [0.25, 0.3) is 0 Å². The molecule has 0 saturated heterocycles. The van der Waals surface area contributed by atoms with Gasteiger partial charge in [0.15, 0.2) is 0 Å². The summed E-state index contributed by atoms with van der Waals surface area (Å²) in [5.74, 6) is 0. The summed E-state index contributed by atoms with van der Waals surface area (Å²) in [6, 6.07) is 8.47. The summed E-state index contributed by atoms with van der Waals surface area (Å²) in [4.78, 5) is 0. The van der Waals surface area contributed by atoms with E-state index >= 15 is 0 Å². The van der Waals surface area contributed by atoms with Crippen LogP contribution in [0.15, 0.2) is 24.3 Å². The van der Waals surface area contributed by atoms with Crippen molar-refractivity contribution in [2.24, 2.45) is 0 Å². The van der Waals surface area contributed by atoms with Crippen molar-refractivity contribution in [3.05, 3.63) is 24.3 Å². The summed E-state index contributed by atoms with van der Waals surface area (Å²) in [7, 11) is 0. The second-order valence-corrected chi connectivity index (χ2v) is 4.24. The van der Waals surface area contributed by atoms with Crippen LogP contribution in [-0.4, -0.2) is 67.9 Å². The van der Waals surface area contributed by atoms with Crippen molar-refractivity contribution in [2.45, 2.75) is 0 Å². The van der Waals surface area contributed by atoms with Gasteiger partial charge in [0.2, 0.25) is 0 Å². The SMILES string of the molecule is O.O.O.O.[Sb][c]1cccc[c]1[Sb]. The van der Waals surface area contributed by atoms with Crippen molar-refractivity contribution in [1.82, 2.24) is 0 Å². The van der Waals surface area contributed by atoms with Crippen molar-refractivity contribution in [3.63, 3.8) is 0 Å². The molecule has 0 spiro atoms. The normalized spacial score (nSPS) is 6.17. The average molecular weight is 392 g/mol. The molecule has 0 aliphatic rings. The standard InChI is InChI=1S/C6H4.4H2O.2Sb/c1-2-4-6-5-3-1;;;;;;/h1-4H;4*1H2;;. The topological polar surface area (TPSA) is 126 Å². The van der Waals surface area contributed by atoms with E-state index < -0.39 is 0 Å².